The van der Waals surface area contributed by atoms with Gasteiger partial charge in [-0.25, -0.2) is 4.39 Å². The lowest BCUT2D eigenvalue weighted by Crippen LogP contribution is -2.27. The van der Waals surface area contributed by atoms with Crippen LogP contribution in [0, 0.1) is 5.82 Å². The van der Waals surface area contributed by atoms with E-state index >= 15 is 0 Å². The fraction of sp³-hybridized carbons (Fsp3) is 0.263. The number of thioether (sulfide) groups is 1. The Hall–Kier alpha value is -3.14. The molecule has 1 aliphatic rings. The maximum absolute atomic E-state index is 13.4. The van der Waals surface area contributed by atoms with Gasteiger partial charge in [0.2, 0.25) is 11.1 Å². The Balaban J connectivity index is 1.26. The van der Waals surface area contributed by atoms with Gasteiger partial charge < -0.3 is 14.8 Å². The molecule has 3 aromatic rings. The van der Waals surface area contributed by atoms with Crippen molar-refractivity contribution in [3.63, 3.8) is 0 Å². The van der Waals surface area contributed by atoms with E-state index in [4.69, 9.17) is 9.47 Å². The van der Waals surface area contributed by atoms with Crippen molar-refractivity contribution in [3.8, 4) is 17.2 Å². The minimum absolute atomic E-state index is 0.138. The summed E-state index contributed by atoms with van der Waals surface area (Å²) >= 11 is 1.18. The number of nitrogens with zero attached hydrogens (tertiary/aromatic N) is 4. The molecule has 1 aromatic heterocycles. The van der Waals surface area contributed by atoms with E-state index in [1.54, 1.807) is 12.1 Å². The zero-order valence-electron chi connectivity index (χ0n) is 15.4. The SMILES string of the molecule is O=C(CSc1nnnn1-c1cccc(F)c1)NCCc1ccc2c(c1)OCCO2. The normalized spacial score (nSPS) is 12.6. The monoisotopic (exact) mass is 415 g/mol. The minimum Gasteiger partial charge on any atom is -0.486 e. The van der Waals surface area contributed by atoms with Gasteiger partial charge in [0.25, 0.3) is 0 Å². The van der Waals surface area contributed by atoms with Crippen LogP contribution in [0.25, 0.3) is 5.69 Å². The van der Waals surface area contributed by atoms with Crippen LogP contribution in [-0.2, 0) is 11.2 Å². The van der Waals surface area contributed by atoms with Gasteiger partial charge in [0.1, 0.15) is 19.0 Å². The van der Waals surface area contributed by atoms with Crippen LogP contribution in [0.5, 0.6) is 11.5 Å². The number of hydrogen-bond acceptors (Lipinski definition) is 7. The summed E-state index contributed by atoms with van der Waals surface area (Å²) in [5, 5.41) is 14.7. The zero-order valence-corrected chi connectivity index (χ0v) is 16.2. The fourth-order valence-corrected chi connectivity index (χ4v) is 3.53. The first-order chi connectivity index (χ1) is 14.2. The first-order valence-corrected chi connectivity index (χ1v) is 10.00. The highest BCUT2D eigenvalue weighted by Gasteiger charge is 2.13. The topological polar surface area (TPSA) is 91.2 Å². The number of fused-ring (bicyclic) bond motifs is 1. The quantitative estimate of drug-likeness (QED) is 0.591. The number of hydrogen-bond donors (Lipinski definition) is 1. The Morgan fingerprint density at radius 2 is 2.03 bits per heavy atom. The Kier molecular flexibility index (Phi) is 5.89. The average molecular weight is 415 g/mol. The maximum Gasteiger partial charge on any atom is 0.230 e. The molecule has 8 nitrogen and oxygen atoms in total. The standard InChI is InChI=1S/C19H18FN5O3S/c20-14-2-1-3-15(11-14)25-19(22-23-24-25)29-12-18(26)21-7-6-13-4-5-16-17(10-13)28-9-8-27-16/h1-5,10-11H,6-9,12H2,(H,21,26). The molecule has 0 fully saturated rings. The molecule has 4 rings (SSSR count). The molecule has 2 aromatic carbocycles. The third-order valence-corrected chi connectivity index (χ3v) is 5.09. The van der Waals surface area contributed by atoms with Crippen LogP contribution in [0.15, 0.2) is 47.6 Å². The lowest BCUT2D eigenvalue weighted by Gasteiger charge is -2.18. The molecule has 2 heterocycles. The lowest BCUT2D eigenvalue weighted by molar-refractivity contribution is -0.118. The first-order valence-electron chi connectivity index (χ1n) is 9.01. The molecule has 0 saturated carbocycles. The van der Waals surface area contributed by atoms with Gasteiger partial charge in [-0.15, -0.1) is 5.10 Å². The molecule has 0 atom stereocenters. The van der Waals surface area contributed by atoms with Crippen LogP contribution in [0.1, 0.15) is 5.56 Å². The van der Waals surface area contributed by atoms with Gasteiger partial charge in [0, 0.05) is 6.54 Å². The van der Waals surface area contributed by atoms with Crippen molar-refractivity contribution in [3.05, 3.63) is 53.8 Å². The number of nitrogens with one attached hydrogen (secondary N) is 1. The van der Waals surface area contributed by atoms with Crippen LogP contribution >= 0.6 is 11.8 Å². The van der Waals surface area contributed by atoms with Crippen LogP contribution in [-0.4, -0.2) is 51.6 Å². The minimum atomic E-state index is -0.383. The van der Waals surface area contributed by atoms with Crippen LogP contribution in [0.4, 0.5) is 4.39 Å². The Morgan fingerprint density at radius 1 is 1.17 bits per heavy atom. The number of halogens is 1. The van der Waals surface area contributed by atoms with Crippen molar-refractivity contribution < 1.29 is 18.7 Å². The second-order valence-electron chi connectivity index (χ2n) is 6.22. The van der Waals surface area contributed by atoms with E-state index in [9.17, 15) is 9.18 Å². The van der Waals surface area contributed by atoms with Crippen molar-refractivity contribution in [1.29, 1.82) is 0 Å². The van der Waals surface area contributed by atoms with Crippen LogP contribution in [0.3, 0.4) is 0 Å². The number of benzene rings is 2. The third-order valence-electron chi connectivity index (χ3n) is 4.17. The molecule has 150 valence electrons. The van der Waals surface area contributed by atoms with Crippen molar-refractivity contribution in [2.75, 3.05) is 25.5 Å². The summed E-state index contributed by atoms with van der Waals surface area (Å²) in [6.45, 7) is 1.59. The number of aromatic nitrogens is 4. The molecule has 0 unspecified atom stereocenters. The van der Waals surface area contributed by atoms with E-state index in [1.165, 1.54) is 28.6 Å². The second-order valence-corrected chi connectivity index (χ2v) is 7.16. The first kappa shape index (κ1) is 19.2. The van der Waals surface area contributed by atoms with Gasteiger partial charge in [0.15, 0.2) is 11.5 Å². The van der Waals surface area contributed by atoms with Gasteiger partial charge in [-0.1, -0.05) is 23.9 Å². The number of amides is 1. The molecule has 10 heteroatoms. The summed E-state index contributed by atoms with van der Waals surface area (Å²) in [5.74, 6) is 1.11. The van der Waals surface area contributed by atoms with Crippen molar-refractivity contribution in [2.45, 2.75) is 11.6 Å². The van der Waals surface area contributed by atoms with Gasteiger partial charge in [-0.2, -0.15) is 4.68 Å². The Bertz CT molecular complexity index is 1010. The third kappa shape index (κ3) is 4.83. The molecule has 0 radical (unpaired) electrons. The Morgan fingerprint density at radius 3 is 2.90 bits per heavy atom. The van der Waals surface area contributed by atoms with E-state index in [0.717, 1.165) is 17.1 Å². The molecule has 1 aliphatic heterocycles. The molecule has 0 saturated heterocycles. The predicted molar refractivity (Wildman–Crippen MR) is 104 cm³/mol. The van der Waals surface area contributed by atoms with E-state index in [0.29, 0.717) is 37.0 Å². The van der Waals surface area contributed by atoms with Gasteiger partial charge in [-0.3, -0.25) is 4.79 Å². The number of tetrazole rings is 1. The molecule has 29 heavy (non-hydrogen) atoms. The van der Waals surface area contributed by atoms with Crippen molar-refractivity contribution in [2.24, 2.45) is 0 Å². The Labute approximate surface area is 170 Å². The number of ether oxygens (including phenoxy) is 2. The summed E-state index contributed by atoms with van der Waals surface area (Å²) in [5.41, 5.74) is 1.55. The van der Waals surface area contributed by atoms with E-state index in [2.05, 4.69) is 20.8 Å². The average Bonchev–Trinajstić information content (AvgIpc) is 3.21. The molecule has 1 amide bonds. The smallest absolute Gasteiger partial charge is 0.230 e. The highest BCUT2D eigenvalue weighted by molar-refractivity contribution is 7.99. The number of rotatable bonds is 7. The molecule has 1 N–H and O–H groups in total. The highest BCUT2D eigenvalue weighted by atomic mass is 32.2. The summed E-state index contributed by atoms with van der Waals surface area (Å²) in [7, 11) is 0. The fourth-order valence-electron chi connectivity index (χ4n) is 2.81. The lowest BCUT2D eigenvalue weighted by atomic mass is 10.1. The van der Waals surface area contributed by atoms with Crippen molar-refractivity contribution >= 4 is 17.7 Å². The van der Waals surface area contributed by atoms with Crippen LogP contribution < -0.4 is 14.8 Å². The zero-order chi connectivity index (χ0) is 20.1. The van der Waals surface area contributed by atoms with Gasteiger partial charge >= 0.3 is 0 Å². The van der Waals surface area contributed by atoms with E-state index < -0.39 is 0 Å². The highest BCUT2D eigenvalue weighted by Crippen LogP contribution is 2.30. The summed E-state index contributed by atoms with van der Waals surface area (Å²) < 4.78 is 25.9. The molecule has 0 spiro atoms. The number of carbonyl (C=O) groups excluding carboxylic acids is 1. The maximum atomic E-state index is 13.4. The molecular weight excluding hydrogens is 397 g/mol. The predicted octanol–water partition coefficient (Wildman–Crippen LogP) is 2.02. The van der Waals surface area contributed by atoms with Crippen LogP contribution in [0.2, 0.25) is 0 Å². The van der Waals surface area contributed by atoms with Gasteiger partial charge in [-0.05, 0) is 52.7 Å². The largest absolute Gasteiger partial charge is 0.486 e. The molecular formula is C19H18FN5O3S. The van der Waals surface area contributed by atoms with Crippen molar-refractivity contribution in [1.82, 2.24) is 25.5 Å². The summed E-state index contributed by atoms with van der Waals surface area (Å²) in [6, 6.07) is 11.7. The van der Waals surface area contributed by atoms with E-state index in [1.807, 2.05) is 18.2 Å². The number of carbonyl (C=O) groups is 1. The summed E-state index contributed by atoms with van der Waals surface area (Å²) in [4.78, 5) is 12.1. The van der Waals surface area contributed by atoms with E-state index in [-0.39, 0.29) is 17.5 Å². The second kappa shape index (κ2) is 8.91. The molecule has 0 bridgehead atoms. The molecule has 0 aliphatic carbocycles. The van der Waals surface area contributed by atoms with Gasteiger partial charge in [0.05, 0.1) is 11.4 Å². The summed E-state index contributed by atoms with van der Waals surface area (Å²) in [6.07, 6.45) is 0.675.